The molecule has 0 spiro atoms. The van der Waals surface area contributed by atoms with Crippen LogP contribution in [-0.2, 0) is 43.2 Å². The summed E-state index contributed by atoms with van der Waals surface area (Å²) in [5.74, 6) is 0.104. The van der Waals surface area contributed by atoms with E-state index in [1.807, 2.05) is 60.1 Å². The van der Waals surface area contributed by atoms with Gasteiger partial charge in [0, 0.05) is 61.3 Å². The SMILES string of the molecule is CC(C)(C)C(=O)/C=C(\O)C(C)(C)C.CC(C)(C)c1cc(-c2cc3c(cn2)CCc2cnccc2-3)[c-]c2ccccc12.[Ir]. The summed E-state index contributed by atoms with van der Waals surface area (Å²) in [6.07, 6.45) is 9.32. The number of nitrogens with zero attached hydrogens (tertiary/aromatic N) is 2. The third-order valence-electron chi connectivity index (χ3n) is 7.48. The smallest absolute Gasteiger partial charge is 0.164 e. The van der Waals surface area contributed by atoms with E-state index in [1.54, 1.807) is 0 Å². The molecule has 0 saturated carbocycles. The summed E-state index contributed by atoms with van der Waals surface area (Å²) in [5, 5.41) is 12.0. The van der Waals surface area contributed by atoms with Gasteiger partial charge in [0.05, 0.1) is 0 Å². The second-order valence-corrected chi connectivity index (χ2v) is 14.0. The summed E-state index contributed by atoms with van der Waals surface area (Å²) in [6, 6.07) is 18.8. The fourth-order valence-corrected chi connectivity index (χ4v) is 4.79. The molecule has 0 amide bonds. The van der Waals surface area contributed by atoms with Crippen LogP contribution in [0.1, 0.15) is 79.0 Å². The first-order valence-electron chi connectivity index (χ1n) is 14.4. The summed E-state index contributed by atoms with van der Waals surface area (Å²) >= 11 is 0. The minimum atomic E-state index is -0.417. The van der Waals surface area contributed by atoms with Gasteiger partial charge < -0.3 is 5.11 Å². The van der Waals surface area contributed by atoms with Crippen molar-refractivity contribution in [1.29, 1.82) is 0 Å². The van der Waals surface area contributed by atoms with E-state index in [0.29, 0.717) is 0 Å². The molecule has 0 atom stereocenters. The number of allylic oxidation sites excluding steroid dienone is 2. The second kappa shape index (κ2) is 12.6. The molecule has 5 rings (SSSR count). The molecule has 1 N–H and O–H groups in total. The number of pyridine rings is 2. The van der Waals surface area contributed by atoms with Gasteiger partial charge >= 0.3 is 0 Å². The molecule has 0 aliphatic heterocycles. The molecule has 5 heteroatoms. The number of aryl methyl sites for hydroxylation is 2. The molecule has 4 nitrogen and oxygen atoms in total. The van der Waals surface area contributed by atoms with Crippen LogP contribution in [0, 0.1) is 16.9 Å². The monoisotopic (exact) mass is 740 g/mol. The molecule has 0 unspecified atom stereocenters. The van der Waals surface area contributed by atoms with Crippen molar-refractivity contribution < 1.29 is 30.0 Å². The number of rotatable bonds is 2. The molecular weight excluding hydrogens is 697 g/mol. The van der Waals surface area contributed by atoms with E-state index in [0.717, 1.165) is 29.5 Å². The van der Waals surface area contributed by atoms with Crippen molar-refractivity contribution in [3.05, 3.63) is 95.6 Å². The molecule has 2 heterocycles. The fourth-order valence-electron chi connectivity index (χ4n) is 4.79. The molecule has 4 aromatic rings. The van der Waals surface area contributed by atoms with E-state index in [4.69, 9.17) is 4.98 Å². The van der Waals surface area contributed by atoms with Gasteiger partial charge in [-0.1, -0.05) is 97.5 Å². The average Bonchev–Trinajstić information content (AvgIpc) is 2.90. The number of ketones is 1. The third kappa shape index (κ3) is 7.62. The topological polar surface area (TPSA) is 63.1 Å². The zero-order valence-corrected chi connectivity index (χ0v) is 28.7. The maximum absolute atomic E-state index is 11.5. The Labute approximate surface area is 265 Å². The second-order valence-electron chi connectivity index (χ2n) is 14.0. The van der Waals surface area contributed by atoms with Crippen LogP contribution in [0.4, 0.5) is 0 Å². The van der Waals surface area contributed by atoms with Gasteiger partial charge in [-0.25, -0.2) is 0 Å². The third-order valence-corrected chi connectivity index (χ3v) is 7.48. The number of aromatic nitrogens is 2. The van der Waals surface area contributed by atoms with Crippen LogP contribution in [0.25, 0.3) is 33.2 Å². The Morgan fingerprint density at radius 3 is 2.12 bits per heavy atom. The van der Waals surface area contributed by atoms with Crippen molar-refractivity contribution in [2.45, 2.75) is 80.6 Å². The summed E-state index contributed by atoms with van der Waals surface area (Å²) in [5.41, 5.74) is 7.89. The van der Waals surface area contributed by atoms with E-state index in [9.17, 15) is 9.90 Å². The zero-order chi connectivity index (χ0) is 30.2. The van der Waals surface area contributed by atoms with E-state index in [1.165, 1.54) is 39.3 Å². The number of carbonyl (C=O) groups excluding carboxylic acids is 1. The van der Waals surface area contributed by atoms with Crippen molar-refractivity contribution in [2.24, 2.45) is 10.8 Å². The Bertz CT molecular complexity index is 1620. The van der Waals surface area contributed by atoms with Gasteiger partial charge in [-0.05, 0) is 46.6 Å². The minimum Gasteiger partial charge on any atom is -0.512 e. The van der Waals surface area contributed by atoms with E-state index < -0.39 is 5.41 Å². The number of hydrogen-bond donors (Lipinski definition) is 1. The van der Waals surface area contributed by atoms with Crippen LogP contribution >= 0.6 is 0 Å². The average molecular weight is 740 g/mol. The Kier molecular flexibility index (Phi) is 10.0. The number of fused-ring (bicyclic) bond motifs is 4. The van der Waals surface area contributed by atoms with Crippen LogP contribution in [-0.4, -0.2) is 20.9 Å². The van der Waals surface area contributed by atoms with Crippen molar-refractivity contribution in [3.63, 3.8) is 0 Å². The maximum Gasteiger partial charge on any atom is 0.164 e. The predicted molar refractivity (Wildman–Crippen MR) is 170 cm³/mol. The molecule has 0 saturated heterocycles. The zero-order valence-electron chi connectivity index (χ0n) is 26.3. The van der Waals surface area contributed by atoms with Gasteiger partial charge in [-0.2, -0.15) is 0 Å². The fraction of sp³-hybridized carbons (Fsp3) is 0.378. The van der Waals surface area contributed by atoms with Crippen molar-refractivity contribution in [3.8, 4) is 22.4 Å². The van der Waals surface area contributed by atoms with E-state index >= 15 is 0 Å². The Hall–Kier alpha value is -3.14. The Morgan fingerprint density at radius 2 is 1.50 bits per heavy atom. The molecule has 0 bridgehead atoms. The van der Waals surface area contributed by atoms with Gasteiger partial charge in [0.1, 0.15) is 5.76 Å². The van der Waals surface area contributed by atoms with Crippen molar-refractivity contribution in [1.82, 2.24) is 9.97 Å². The van der Waals surface area contributed by atoms with Gasteiger partial charge in [0.2, 0.25) is 0 Å². The maximum atomic E-state index is 11.5. The Morgan fingerprint density at radius 1 is 0.857 bits per heavy atom. The summed E-state index contributed by atoms with van der Waals surface area (Å²) in [7, 11) is 0. The first kappa shape index (κ1) is 33.4. The summed E-state index contributed by atoms with van der Waals surface area (Å²) in [4.78, 5) is 20.6. The normalized spacial score (nSPS) is 13.3. The van der Waals surface area contributed by atoms with Crippen LogP contribution in [0.15, 0.2) is 72.9 Å². The molecule has 42 heavy (non-hydrogen) atoms. The van der Waals surface area contributed by atoms with Crippen molar-refractivity contribution >= 4 is 16.6 Å². The summed E-state index contributed by atoms with van der Waals surface area (Å²) in [6.45, 7) is 17.9. The quantitative estimate of drug-likeness (QED) is 0.127. The van der Waals surface area contributed by atoms with Gasteiger partial charge in [0.15, 0.2) is 5.78 Å². The van der Waals surface area contributed by atoms with Crippen LogP contribution in [0.2, 0.25) is 0 Å². The standard InChI is InChI=1S/C26H23N2.C11H20O2.Ir/c1-26(2,3)24-13-20(12-17-6-4-5-7-22(17)24)25-14-23-19(16-28-25)9-8-18-15-27-11-10-21(18)23;1-10(2,3)8(12)7-9(13)11(4,5)6;/h4-7,10-11,13-16H,8-9H2,1-3H3;7,12H,1-6H3;/q-1;;/b;8-7-;. The number of aliphatic hydroxyl groups excluding tert-OH is 1. The van der Waals surface area contributed by atoms with Crippen LogP contribution in [0.5, 0.6) is 0 Å². The first-order chi connectivity index (χ1) is 19.1. The molecule has 1 aliphatic rings. The van der Waals surface area contributed by atoms with Gasteiger partial charge in [-0.15, -0.1) is 29.1 Å². The Balaban J connectivity index is 0.000000297. The number of aliphatic hydroxyl groups is 1. The molecule has 0 fully saturated rings. The van der Waals surface area contributed by atoms with Crippen LogP contribution in [0.3, 0.4) is 0 Å². The predicted octanol–water partition coefficient (Wildman–Crippen LogP) is 9.25. The molecular formula is C37H43IrN2O2-. The molecule has 223 valence electrons. The van der Waals surface area contributed by atoms with E-state index in [-0.39, 0.29) is 42.5 Å². The minimum absolute atomic E-state index is 0. The van der Waals surface area contributed by atoms with Crippen LogP contribution < -0.4 is 0 Å². The number of hydrogen-bond acceptors (Lipinski definition) is 4. The number of benzene rings is 2. The van der Waals surface area contributed by atoms with Gasteiger partial charge in [-0.3, -0.25) is 14.8 Å². The molecule has 1 radical (unpaired) electrons. The van der Waals surface area contributed by atoms with E-state index in [2.05, 4.69) is 74.3 Å². The largest absolute Gasteiger partial charge is 0.512 e. The molecule has 2 aromatic heterocycles. The summed E-state index contributed by atoms with van der Waals surface area (Å²) < 4.78 is 0. The molecule has 1 aliphatic carbocycles. The van der Waals surface area contributed by atoms with Crippen molar-refractivity contribution in [2.75, 3.05) is 0 Å². The molecule has 2 aromatic carbocycles. The van der Waals surface area contributed by atoms with Gasteiger partial charge in [0.25, 0.3) is 0 Å². The first-order valence-corrected chi connectivity index (χ1v) is 14.4. The number of carbonyl (C=O) groups is 1.